The second kappa shape index (κ2) is 7.96. The zero-order valence-corrected chi connectivity index (χ0v) is 18.1. The van der Waals surface area contributed by atoms with Crippen molar-refractivity contribution in [3.8, 4) is 17.0 Å². The Bertz CT molecular complexity index is 1110. The molecule has 1 saturated carbocycles. The molecule has 2 unspecified atom stereocenters. The van der Waals surface area contributed by atoms with Crippen LogP contribution in [-0.2, 0) is 6.42 Å². The summed E-state index contributed by atoms with van der Waals surface area (Å²) in [7, 11) is 2.20. The van der Waals surface area contributed by atoms with E-state index in [0.717, 1.165) is 42.5 Å². The fraction of sp³-hybridized carbons (Fsp3) is 0.458. The highest BCUT2D eigenvalue weighted by Crippen LogP contribution is 2.33. The lowest BCUT2D eigenvalue weighted by molar-refractivity contribution is 0.0932. The molecule has 4 heterocycles. The number of aromatic hydroxyl groups is 1. The Balaban J connectivity index is 1.50. The normalized spacial score (nSPS) is 23.7. The number of phenolic OH excluding ortho intramolecular Hbond substituents is 1. The van der Waals surface area contributed by atoms with Gasteiger partial charge in [0.25, 0.3) is 5.91 Å². The lowest BCUT2D eigenvalue weighted by Gasteiger charge is -2.33. The molecule has 3 fully saturated rings. The number of rotatable bonds is 4. The van der Waals surface area contributed by atoms with E-state index in [1.54, 1.807) is 24.3 Å². The number of hydrogen-bond donors (Lipinski definition) is 3. The van der Waals surface area contributed by atoms with E-state index in [4.69, 9.17) is 0 Å². The number of phenols is 1. The van der Waals surface area contributed by atoms with E-state index in [0.29, 0.717) is 28.9 Å². The number of fused-ring (bicyclic) bond motifs is 5. The number of aryl methyl sites for hydroxylation is 1. The number of piperidine rings is 1. The van der Waals surface area contributed by atoms with Gasteiger partial charge in [-0.3, -0.25) is 9.89 Å². The average molecular weight is 420 g/mol. The Morgan fingerprint density at radius 1 is 1.26 bits per heavy atom. The number of nitrogens with one attached hydrogen (secondary N) is 2. The highest BCUT2D eigenvalue weighted by atomic mass is 16.3. The third kappa shape index (κ3) is 3.78. The first kappa shape index (κ1) is 20.0. The molecule has 2 aromatic heterocycles. The van der Waals surface area contributed by atoms with E-state index in [1.165, 1.54) is 12.8 Å². The summed E-state index contributed by atoms with van der Waals surface area (Å²) in [5.41, 5.74) is 3.60. The molecule has 3 atom stereocenters. The predicted octanol–water partition coefficient (Wildman–Crippen LogP) is 3.50. The standard InChI is InChI=1S/C24H29N5O2/c1-3-20-22-19(24(31)25-16-10-14-4-7-17(11-16)29(2)13-14)12-21(26-23(22)28-27-20)15-5-8-18(30)9-6-15/h5-6,8-9,12,14,16-17,30H,3-4,7,10-11,13H2,1-2H3,(H,25,31)(H,26,27,28)/t14?,16-,17?/m0/s1. The predicted molar refractivity (Wildman–Crippen MR) is 120 cm³/mol. The van der Waals surface area contributed by atoms with Crippen molar-refractivity contribution < 1.29 is 9.90 Å². The van der Waals surface area contributed by atoms with Crippen LogP contribution in [0.25, 0.3) is 22.3 Å². The van der Waals surface area contributed by atoms with Crippen molar-refractivity contribution >= 4 is 16.9 Å². The largest absolute Gasteiger partial charge is 0.508 e. The van der Waals surface area contributed by atoms with Crippen molar-refractivity contribution in [3.63, 3.8) is 0 Å². The minimum atomic E-state index is -0.0579. The molecule has 0 radical (unpaired) electrons. The summed E-state index contributed by atoms with van der Waals surface area (Å²) in [5.74, 6) is 0.792. The number of aromatic nitrogens is 3. The van der Waals surface area contributed by atoms with Crippen LogP contribution >= 0.6 is 0 Å². The van der Waals surface area contributed by atoms with Crippen molar-refractivity contribution in [2.24, 2.45) is 5.92 Å². The van der Waals surface area contributed by atoms with Gasteiger partial charge in [0.15, 0.2) is 5.65 Å². The van der Waals surface area contributed by atoms with Gasteiger partial charge in [0.2, 0.25) is 0 Å². The first-order valence-electron chi connectivity index (χ1n) is 11.2. The molecular formula is C24H29N5O2. The van der Waals surface area contributed by atoms with Gasteiger partial charge in [0.05, 0.1) is 16.6 Å². The van der Waals surface area contributed by atoms with Gasteiger partial charge in [-0.05, 0) is 75.4 Å². The van der Waals surface area contributed by atoms with Gasteiger partial charge in [0.1, 0.15) is 5.75 Å². The van der Waals surface area contributed by atoms with Crippen molar-refractivity contribution in [1.29, 1.82) is 0 Å². The summed E-state index contributed by atoms with van der Waals surface area (Å²) in [6.45, 7) is 3.17. The molecule has 2 saturated heterocycles. The van der Waals surface area contributed by atoms with E-state index >= 15 is 0 Å². The van der Waals surface area contributed by atoms with Gasteiger partial charge in [-0.15, -0.1) is 0 Å². The molecule has 1 aliphatic carbocycles. The lowest BCUT2D eigenvalue weighted by Crippen LogP contribution is -2.39. The Labute approximate surface area is 181 Å². The molecule has 3 aliphatic rings. The minimum absolute atomic E-state index is 0.0579. The molecule has 3 aromatic rings. The third-order valence-corrected chi connectivity index (χ3v) is 6.95. The fourth-order valence-corrected chi connectivity index (χ4v) is 5.30. The molecule has 6 rings (SSSR count). The summed E-state index contributed by atoms with van der Waals surface area (Å²) >= 11 is 0. The van der Waals surface area contributed by atoms with Gasteiger partial charge in [-0.1, -0.05) is 6.92 Å². The fourth-order valence-electron chi connectivity index (χ4n) is 5.30. The molecular weight excluding hydrogens is 390 g/mol. The number of pyridine rings is 1. The van der Waals surface area contributed by atoms with Crippen LogP contribution < -0.4 is 5.32 Å². The van der Waals surface area contributed by atoms with Gasteiger partial charge < -0.3 is 15.3 Å². The van der Waals surface area contributed by atoms with Gasteiger partial charge in [-0.25, -0.2) is 4.98 Å². The molecule has 2 bridgehead atoms. The summed E-state index contributed by atoms with van der Waals surface area (Å²) in [4.78, 5) is 20.7. The number of amides is 1. The molecule has 7 nitrogen and oxygen atoms in total. The summed E-state index contributed by atoms with van der Waals surface area (Å²) in [5, 5.41) is 21.2. The van der Waals surface area contributed by atoms with Crippen LogP contribution in [-0.4, -0.2) is 56.8 Å². The van der Waals surface area contributed by atoms with Crippen molar-refractivity contribution in [2.75, 3.05) is 13.6 Å². The lowest BCUT2D eigenvalue weighted by atomic mass is 9.95. The molecule has 7 heteroatoms. The summed E-state index contributed by atoms with van der Waals surface area (Å²) in [6.07, 6.45) is 5.27. The van der Waals surface area contributed by atoms with Gasteiger partial charge in [0, 0.05) is 29.9 Å². The van der Waals surface area contributed by atoms with Crippen molar-refractivity contribution in [2.45, 2.75) is 51.1 Å². The number of aromatic amines is 1. The number of benzene rings is 1. The van der Waals surface area contributed by atoms with E-state index in [-0.39, 0.29) is 17.7 Å². The maximum absolute atomic E-state index is 13.5. The van der Waals surface area contributed by atoms with E-state index in [9.17, 15) is 9.90 Å². The van der Waals surface area contributed by atoms with Crippen LogP contribution in [0, 0.1) is 5.92 Å². The van der Waals surface area contributed by atoms with Crippen LogP contribution in [0.2, 0.25) is 0 Å². The molecule has 1 aromatic carbocycles. The SMILES string of the molecule is CCc1[nH]nc2nc(-c3ccc(O)cc3)cc(C(=O)N[C@H]3CC4CCC(C3)N(C)C4)c12. The van der Waals surface area contributed by atoms with Crippen molar-refractivity contribution in [3.05, 3.63) is 41.6 Å². The highest BCUT2D eigenvalue weighted by molar-refractivity contribution is 6.07. The minimum Gasteiger partial charge on any atom is -0.508 e. The van der Waals surface area contributed by atoms with E-state index < -0.39 is 0 Å². The molecule has 1 amide bonds. The van der Waals surface area contributed by atoms with Crippen LogP contribution in [0.4, 0.5) is 0 Å². The number of H-pyrrole nitrogens is 1. The second-order valence-electron chi connectivity index (χ2n) is 9.03. The third-order valence-electron chi connectivity index (χ3n) is 6.95. The summed E-state index contributed by atoms with van der Waals surface area (Å²) in [6, 6.07) is 9.45. The smallest absolute Gasteiger partial charge is 0.252 e. The monoisotopic (exact) mass is 419 g/mol. The Hall–Kier alpha value is -2.93. The second-order valence-corrected chi connectivity index (χ2v) is 9.03. The number of nitrogens with zero attached hydrogens (tertiary/aromatic N) is 3. The van der Waals surface area contributed by atoms with E-state index in [1.807, 2.05) is 13.0 Å². The maximum Gasteiger partial charge on any atom is 0.252 e. The number of hydrogen-bond acceptors (Lipinski definition) is 5. The molecule has 31 heavy (non-hydrogen) atoms. The van der Waals surface area contributed by atoms with Crippen molar-refractivity contribution in [1.82, 2.24) is 25.4 Å². The van der Waals surface area contributed by atoms with Crippen LogP contribution in [0.1, 0.15) is 48.7 Å². The summed E-state index contributed by atoms with van der Waals surface area (Å²) < 4.78 is 0. The van der Waals surface area contributed by atoms with Crippen LogP contribution in [0.3, 0.4) is 0 Å². The van der Waals surface area contributed by atoms with Crippen LogP contribution in [0.5, 0.6) is 5.75 Å². The number of carbonyl (C=O) groups is 1. The maximum atomic E-state index is 13.5. The average Bonchev–Trinajstić information content (AvgIpc) is 3.00. The zero-order valence-electron chi connectivity index (χ0n) is 18.1. The Morgan fingerprint density at radius 3 is 2.81 bits per heavy atom. The Kier molecular flexibility index (Phi) is 5.14. The topological polar surface area (TPSA) is 94.1 Å². The van der Waals surface area contributed by atoms with Gasteiger partial charge >= 0.3 is 0 Å². The molecule has 0 spiro atoms. The Morgan fingerprint density at radius 2 is 2.06 bits per heavy atom. The zero-order chi connectivity index (χ0) is 21.5. The molecule has 162 valence electrons. The van der Waals surface area contributed by atoms with Crippen LogP contribution in [0.15, 0.2) is 30.3 Å². The molecule has 3 N–H and O–H groups in total. The molecule has 2 aliphatic heterocycles. The first-order chi connectivity index (χ1) is 15.0. The van der Waals surface area contributed by atoms with Gasteiger partial charge in [-0.2, -0.15) is 5.10 Å². The highest BCUT2D eigenvalue weighted by Gasteiger charge is 2.35. The van der Waals surface area contributed by atoms with E-state index in [2.05, 4.69) is 32.4 Å². The quantitative estimate of drug-likeness (QED) is 0.602. The first-order valence-corrected chi connectivity index (χ1v) is 11.2. The number of carbonyl (C=O) groups excluding carboxylic acids is 1.